The van der Waals surface area contributed by atoms with Gasteiger partial charge in [-0.1, -0.05) is 11.6 Å². The standard InChI is InChI=1S/C13H10ClF3N4O2/c14-9-2-1-7(13(15,16)17)5-10(9)20-12(23)11(22)18-6-8-3-4-19-21-8/h1-5H,6H2,(H,18,22)(H,19,21)(H,20,23). The molecule has 0 spiro atoms. The summed E-state index contributed by atoms with van der Waals surface area (Å²) in [6, 6.07) is 4.00. The number of halogens is 4. The molecule has 0 unspecified atom stereocenters. The van der Waals surface area contributed by atoms with Crippen LogP contribution in [-0.4, -0.2) is 22.0 Å². The van der Waals surface area contributed by atoms with Crippen LogP contribution in [0.3, 0.4) is 0 Å². The van der Waals surface area contributed by atoms with Crippen molar-refractivity contribution < 1.29 is 22.8 Å². The number of aromatic amines is 1. The first-order valence-electron chi connectivity index (χ1n) is 6.21. The third-order valence-electron chi connectivity index (χ3n) is 2.75. The van der Waals surface area contributed by atoms with Crippen LogP contribution in [-0.2, 0) is 22.3 Å². The van der Waals surface area contributed by atoms with Crippen molar-refractivity contribution in [3.05, 3.63) is 46.7 Å². The van der Waals surface area contributed by atoms with Gasteiger partial charge in [0.25, 0.3) is 0 Å². The van der Waals surface area contributed by atoms with Crippen LogP contribution in [0.15, 0.2) is 30.5 Å². The van der Waals surface area contributed by atoms with Crippen molar-refractivity contribution in [2.24, 2.45) is 0 Å². The first-order chi connectivity index (χ1) is 10.8. The molecule has 1 aromatic carbocycles. The summed E-state index contributed by atoms with van der Waals surface area (Å²) in [5.74, 6) is -2.15. The Labute approximate surface area is 133 Å². The summed E-state index contributed by atoms with van der Waals surface area (Å²) >= 11 is 5.73. The summed E-state index contributed by atoms with van der Waals surface area (Å²) in [7, 11) is 0. The number of amides is 2. The van der Waals surface area contributed by atoms with Crippen LogP contribution in [0.2, 0.25) is 5.02 Å². The Morgan fingerprint density at radius 3 is 2.57 bits per heavy atom. The van der Waals surface area contributed by atoms with Gasteiger partial charge in [-0.2, -0.15) is 18.3 Å². The molecule has 122 valence electrons. The Kier molecular flexibility index (Phi) is 4.89. The number of hydrogen-bond acceptors (Lipinski definition) is 3. The molecule has 1 heterocycles. The normalized spacial score (nSPS) is 11.1. The minimum Gasteiger partial charge on any atom is -0.342 e. The number of aromatic nitrogens is 2. The van der Waals surface area contributed by atoms with E-state index in [1.54, 1.807) is 6.07 Å². The number of nitrogens with one attached hydrogen (secondary N) is 3. The minimum absolute atomic E-state index is 0.0164. The zero-order chi connectivity index (χ0) is 17.0. The number of hydrogen-bond donors (Lipinski definition) is 3. The largest absolute Gasteiger partial charge is 0.416 e. The first-order valence-corrected chi connectivity index (χ1v) is 6.59. The predicted octanol–water partition coefficient (Wildman–Crippen LogP) is 2.34. The van der Waals surface area contributed by atoms with Gasteiger partial charge in [0.2, 0.25) is 0 Å². The molecule has 2 amide bonds. The molecule has 2 aromatic rings. The van der Waals surface area contributed by atoms with Crippen molar-refractivity contribution >= 4 is 29.1 Å². The lowest BCUT2D eigenvalue weighted by Crippen LogP contribution is -2.35. The highest BCUT2D eigenvalue weighted by molar-refractivity contribution is 6.41. The number of nitrogens with zero attached hydrogens (tertiary/aromatic N) is 1. The molecule has 0 saturated carbocycles. The predicted molar refractivity (Wildman–Crippen MR) is 75.5 cm³/mol. The Bertz CT molecular complexity index is 717. The van der Waals surface area contributed by atoms with E-state index < -0.39 is 23.6 Å². The zero-order valence-electron chi connectivity index (χ0n) is 11.4. The molecule has 0 aliphatic carbocycles. The maximum absolute atomic E-state index is 12.6. The second kappa shape index (κ2) is 6.69. The number of benzene rings is 1. The number of carbonyl (C=O) groups excluding carboxylic acids is 2. The smallest absolute Gasteiger partial charge is 0.342 e. The molecule has 0 saturated heterocycles. The highest BCUT2D eigenvalue weighted by atomic mass is 35.5. The van der Waals surface area contributed by atoms with E-state index in [1.807, 2.05) is 5.32 Å². The van der Waals surface area contributed by atoms with Gasteiger partial charge in [-0.25, -0.2) is 0 Å². The Balaban J connectivity index is 2.03. The van der Waals surface area contributed by atoms with Gasteiger partial charge in [0, 0.05) is 6.20 Å². The third kappa shape index (κ3) is 4.46. The van der Waals surface area contributed by atoms with Crippen molar-refractivity contribution in [2.45, 2.75) is 12.7 Å². The van der Waals surface area contributed by atoms with Crippen LogP contribution >= 0.6 is 11.6 Å². The maximum atomic E-state index is 12.6. The lowest BCUT2D eigenvalue weighted by molar-refractivity contribution is -0.137. The van der Waals surface area contributed by atoms with Gasteiger partial charge in [-0.15, -0.1) is 0 Å². The van der Waals surface area contributed by atoms with E-state index in [2.05, 4.69) is 15.5 Å². The van der Waals surface area contributed by atoms with E-state index in [1.165, 1.54) is 6.20 Å². The Morgan fingerprint density at radius 2 is 1.96 bits per heavy atom. The third-order valence-corrected chi connectivity index (χ3v) is 3.08. The molecule has 6 nitrogen and oxygen atoms in total. The monoisotopic (exact) mass is 346 g/mol. The summed E-state index contributed by atoms with van der Waals surface area (Å²) in [5.41, 5.74) is -0.735. The molecule has 10 heteroatoms. The van der Waals surface area contributed by atoms with Crippen LogP contribution in [0.1, 0.15) is 11.3 Å². The van der Waals surface area contributed by atoms with Gasteiger partial charge in [0.1, 0.15) is 0 Å². The van der Waals surface area contributed by atoms with E-state index in [4.69, 9.17) is 11.6 Å². The second-order valence-corrected chi connectivity index (χ2v) is 4.82. The van der Waals surface area contributed by atoms with E-state index in [9.17, 15) is 22.8 Å². The first kappa shape index (κ1) is 16.8. The molecular formula is C13H10ClF3N4O2. The summed E-state index contributed by atoms with van der Waals surface area (Å²) in [6.07, 6.45) is -3.13. The van der Waals surface area contributed by atoms with Gasteiger partial charge < -0.3 is 10.6 Å². The maximum Gasteiger partial charge on any atom is 0.416 e. The van der Waals surface area contributed by atoms with Crippen LogP contribution in [0.25, 0.3) is 0 Å². The average Bonchev–Trinajstić information content (AvgIpc) is 2.99. The van der Waals surface area contributed by atoms with Gasteiger partial charge >= 0.3 is 18.0 Å². The fraction of sp³-hybridized carbons (Fsp3) is 0.154. The number of H-pyrrole nitrogens is 1. The van der Waals surface area contributed by atoms with Gasteiger partial charge in [-0.05, 0) is 24.3 Å². The van der Waals surface area contributed by atoms with Gasteiger partial charge in [0.15, 0.2) is 0 Å². The SMILES string of the molecule is O=C(NCc1ccn[nH]1)C(=O)Nc1cc(C(F)(F)F)ccc1Cl. The van der Waals surface area contributed by atoms with E-state index >= 15 is 0 Å². The van der Waals surface area contributed by atoms with Crippen LogP contribution in [0, 0.1) is 0 Å². The summed E-state index contributed by atoms with van der Waals surface area (Å²) in [6.45, 7) is 0.0164. The van der Waals surface area contributed by atoms with E-state index in [0.29, 0.717) is 11.8 Å². The summed E-state index contributed by atoms with van der Waals surface area (Å²) in [5, 5.41) is 10.4. The minimum atomic E-state index is -4.59. The molecule has 0 bridgehead atoms. The Hall–Kier alpha value is -2.55. The van der Waals surface area contributed by atoms with Crippen LogP contribution in [0.5, 0.6) is 0 Å². The van der Waals surface area contributed by atoms with E-state index in [-0.39, 0.29) is 17.3 Å². The van der Waals surface area contributed by atoms with Crippen molar-refractivity contribution in [3.8, 4) is 0 Å². The molecule has 2 rings (SSSR count). The van der Waals surface area contributed by atoms with Crippen molar-refractivity contribution in [2.75, 3.05) is 5.32 Å². The second-order valence-electron chi connectivity index (χ2n) is 4.41. The van der Waals surface area contributed by atoms with Crippen LogP contribution in [0.4, 0.5) is 18.9 Å². The number of alkyl halides is 3. The molecule has 0 aliphatic heterocycles. The Morgan fingerprint density at radius 1 is 1.22 bits per heavy atom. The highest BCUT2D eigenvalue weighted by Gasteiger charge is 2.31. The molecule has 0 aliphatic rings. The molecule has 23 heavy (non-hydrogen) atoms. The number of rotatable bonds is 3. The van der Waals surface area contributed by atoms with Crippen molar-refractivity contribution in [3.63, 3.8) is 0 Å². The summed E-state index contributed by atoms with van der Waals surface area (Å²) in [4.78, 5) is 23.3. The average molecular weight is 347 g/mol. The summed E-state index contributed by atoms with van der Waals surface area (Å²) < 4.78 is 37.9. The molecule has 3 N–H and O–H groups in total. The topological polar surface area (TPSA) is 86.9 Å². The quantitative estimate of drug-likeness (QED) is 0.745. The number of carbonyl (C=O) groups is 2. The molecular weight excluding hydrogens is 337 g/mol. The zero-order valence-corrected chi connectivity index (χ0v) is 12.1. The van der Waals surface area contributed by atoms with Crippen molar-refractivity contribution in [1.82, 2.24) is 15.5 Å². The molecule has 0 atom stereocenters. The van der Waals surface area contributed by atoms with Gasteiger partial charge in [-0.3, -0.25) is 14.7 Å². The fourth-order valence-corrected chi connectivity index (χ4v) is 1.78. The fourth-order valence-electron chi connectivity index (χ4n) is 1.62. The van der Waals surface area contributed by atoms with Gasteiger partial charge in [0.05, 0.1) is 28.5 Å². The molecule has 1 aromatic heterocycles. The van der Waals surface area contributed by atoms with Crippen LogP contribution < -0.4 is 10.6 Å². The molecule has 0 fully saturated rings. The lowest BCUT2D eigenvalue weighted by Gasteiger charge is -2.11. The molecule has 0 radical (unpaired) electrons. The lowest BCUT2D eigenvalue weighted by atomic mass is 10.2. The van der Waals surface area contributed by atoms with Crippen molar-refractivity contribution in [1.29, 1.82) is 0 Å². The highest BCUT2D eigenvalue weighted by Crippen LogP contribution is 2.33. The number of anilines is 1. The van der Waals surface area contributed by atoms with E-state index in [0.717, 1.165) is 12.1 Å².